The highest BCUT2D eigenvalue weighted by Gasteiger charge is 2.22. The fourth-order valence-corrected chi connectivity index (χ4v) is 4.19. The molecule has 1 fully saturated rings. The molecule has 0 atom stereocenters. The number of thiazole rings is 1. The van der Waals surface area contributed by atoms with E-state index in [1.54, 1.807) is 18.4 Å². The van der Waals surface area contributed by atoms with Gasteiger partial charge in [-0.3, -0.25) is 4.99 Å². The third-order valence-corrected chi connectivity index (χ3v) is 6.15. The molecule has 2 heterocycles. The van der Waals surface area contributed by atoms with Gasteiger partial charge in [-0.05, 0) is 12.1 Å². The minimum atomic E-state index is 0. The number of aromatic nitrogens is 1. The Bertz CT molecular complexity index is 809. The maximum Gasteiger partial charge on any atom is 0.194 e. The summed E-state index contributed by atoms with van der Waals surface area (Å²) in [6.45, 7) is 11.0. The number of piperazine rings is 1. The number of ether oxygens (including phenoxy) is 1. The van der Waals surface area contributed by atoms with E-state index in [0.717, 1.165) is 49.3 Å². The van der Waals surface area contributed by atoms with Crippen LogP contribution in [0.2, 0.25) is 0 Å². The second-order valence-electron chi connectivity index (χ2n) is 7.94. The van der Waals surface area contributed by atoms with Crippen molar-refractivity contribution in [3.05, 3.63) is 40.3 Å². The van der Waals surface area contributed by atoms with E-state index in [1.807, 2.05) is 19.2 Å². The van der Waals surface area contributed by atoms with Crippen molar-refractivity contribution < 1.29 is 4.74 Å². The summed E-state index contributed by atoms with van der Waals surface area (Å²) >= 11 is 1.73. The summed E-state index contributed by atoms with van der Waals surface area (Å²) < 4.78 is 5.51. The molecule has 6 nitrogen and oxygen atoms in total. The molecule has 0 amide bonds. The normalized spacial score (nSPS) is 15.1. The second kappa shape index (κ2) is 10.5. The maximum absolute atomic E-state index is 5.51. The molecule has 1 aliphatic heterocycles. The highest BCUT2D eigenvalue weighted by atomic mass is 127. The molecule has 1 N–H and O–H groups in total. The molecule has 0 radical (unpaired) electrons. The highest BCUT2D eigenvalue weighted by Crippen LogP contribution is 2.28. The SMILES string of the molecule is CN=C(NCc1csc(C(C)(C)C)n1)N1CCN(c2ccccc2OC)CC1.I. The molecule has 3 rings (SSSR count). The van der Waals surface area contributed by atoms with Crippen LogP contribution < -0.4 is 15.0 Å². The van der Waals surface area contributed by atoms with Gasteiger partial charge >= 0.3 is 0 Å². The third kappa shape index (κ3) is 5.97. The minimum Gasteiger partial charge on any atom is -0.495 e. The number of anilines is 1. The summed E-state index contributed by atoms with van der Waals surface area (Å²) in [4.78, 5) is 13.9. The van der Waals surface area contributed by atoms with Crippen LogP contribution in [-0.2, 0) is 12.0 Å². The first-order chi connectivity index (χ1) is 13.4. The number of halogens is 1. The van der Waals surface area contributed by atoms with Gasteiger partial charge in [-0.25, -0.2) is 4.98 Å². The van der Waals surface area contributed by atoms with Gasteiger partial charge in [0.25, 0.3) is 0 Å². The molecular weight excluding hydrogens is 497 g/mol. The number of methoxy groups -OCH3 is 1. The number of nitrogens with zero attached hydrogens (tertiary/aromatic N) is 4. The lowest BCUT2D eigenvalue weighted by Gasteiger charge is -2.38. The highest BCUT2D eigenvalue weighted by molar-refractivity contribution is 14.0. The zero-order valence-electron chi connectivity index (χ0n) is 17.9. The van der Waals surface area contributed by atoms with E-state index in [1.165, 1.54) is 5.01 Å². The largest absolute Gasteiger partial charge is 0.495 e. The lowest BCUT2D eigenvalue weighted by molar-refractivity contribution is 0.367. The standard InChI is InChI=1S/C21H31N5OS.HI/c1-21(2,3)19-24-16(15-28-19)14-23-20(22-4)26-12-10-25(11-13-26)17-8-6-7-9-18(17)27-5;/h6-9,15H,10-14H2,1-5H3,(H,22,23);1H. The van der Waals surface area contributed by atoms with E-state index in [0.29, 0.717) is 6.54 Å². The fraction of sp³-hybridized carbons (Fsp3) is 0.524. The van der Waals surface area contributed by atoms with Crippen molar-refractivity contribution in [1.29, 1.82) is 0 Å². The number of hydrogen-bond donors (Lipinski definition) is 1. The Morgan fingerprint density at radius 2 is 1.90 bits per heavy atom. The minimum absolute atomic E-state index is 0. The fourth-order valence-electron chi connectivity index (χ4n) is 3.28. The van der Waals surface area contributed by atoms with Crippen molar-refractivity contribution >= 4 is 47.0 Å². The van der Waals surface area contributed by atoms with E-state index in [4.69, 9.17) is 9.72 Å². The Morgan fingerprint density at radius 3 is 2.48 bits per heavy atom. The van der Waals surface area contributed by atoms with Gasteiger partial charge in [0.15, 0.2) is 5.96 Å². The van der Waals surface area contributed by atoms with Crippen molar-refractivity contribution in [3.63, 3.8) is 0 Å². The summed E-state index contributed by atoms with van der Waals surface area (Å²) in [6.07, 6.45) is 0. The van der Waals surface area contributed by atoms with Crippen molar-refractivity contribution in [2.75, 3.05) is 45.2 Å². The number of aliphatic imine (C=N–C) groups is 1. The third-order valence-electron chi connectivity index (χ3n) is 4.84. The van der Waals surface area contributed by atoms with Crippen molar-refractivity contribution in [2.24, 2.45) is 4.99 Å². The number of hydrogen-bond acceptors (Lipinski definition) is 5. The van der Waals surface area contributed by atoms with Crippen LogP contribution in [0.3, 0.4) is 0 Å². The van der Waals surface area contributed by atoms with E-state index in [9.17, 15) is 0 Å². The molecule has 1 aromatic heterocycles. The van der Waals surface area contributed by atoms with E-state index >= 15 is 0 Å². The lowest BCUT2D eigenvalue weighted by Crippen LogP contribution is -2.52. The van der Waals surface area contributed by atoms with Crippen LogP contribution in [0, 0.1) is 0 Å². The van der Waals surface area contributed by atoms with Crippen LogP contribution in [0.1, 0.15) is 31.5 Å². The molecule has 0 spiro atoms. The number of guanidine groups is 1. The first-order valence-electron chi connectivity index (χ1n) is 9.71. The molecule has 1 saturated heterocycles. The number of benzene rings is 1. The van der Waals surface area contributed by atoms with Crippen molar-refractivity contribution in [1.82, 2.24) is 15.2 Å². The molecule has 0 aliphatic carbocycles. The van der Waals surface area contributed by atoms with Gasteiger partial charge in [0.1, 0.15) is 5.75 Å². The molecule has 0 saturated carbocycles. The van der Waals surface area contributed by atoms with Crippen molar-refractivity contribution in [2.45, 2.75) is 32.7 Å². The topological polar surface area (TPSA) is 53.0 Å². The average molecular weight is 529 g/mol. The van der Waals surface area contributed by atoms with Crippen LogP contribution in [0.25, 0.3) is 0 Å². The van der Waals surface area contributed by atoms with Gasteiger partial charge < -0.3 is 19.9 Å². The second-order valence-corrected chi connectivity index (χ2v) is 8.80. The van der Waals surface area contributed by atoms with Gasteiger partial charge in [0.2, 0.25) is 0 Å². The molecular formula is C21H32IN5OS. The van der Waals surface area contributed by atoms with Gasteiger partial charge in [-0.15, -0.1) is 35.3 Å². The van der Waals surface area contributed by atoms with Crippen molar-refractivity contribution in [3.8, 4) is 5.75 Å². The number of para-hydroxylation sites is 2. The quantitative estimate of drug-likeness (QED) is 0.369. The van der Waals surface area contributed by atoms with Gasteiger partial charge in [-0.2, -0.15) is 0 Å². The summed E-state index contributed by atoms with van der Waals surface area (Å²) in [5.74, 6) is 1.86. The molecule has 0 bridgehead atoms. The molecule has 1 aliphatic rings. The average Bonchev–Trinajstić information content (AvgIpc) is 3.18. The Balaban J connectivity index is 0.00000300. The van der Waals surface area contributed by atoms with Crippen LogP contribution in [0.4, 0.5) is 5.69 Å². The maximum atomic E-state index is 5.51. The van der Waals surface area contributed by atoms with Gasteiger partial charge in [0, 0.05) is 44.0 Å². The van der Waals surface area contributed by atoms with Crippen LogP contribution in [0.15, 0.2) is 34.6 Å². The Kier molecular flexibility index (Phi) is 8.57. The number of nitrogens with one attached hydrogen (secondary N) is 1. The predicted octanol–water partition coefficient (Wildman–Crippen LogP) is 3.96. The first kappa shape index (κ1) is 23.7. The number of rotatable bonds is 4. The summed E-state index contributed by atoms with van der Waals surface area (Å²) in [5, 5.41) is 6.78. The zero-order chi connectivity index (χ0) is 20.1. The Labute approximate surface area is 195 Å². The lowest BCUT2D eigenvalue weighted by atomic mass is 9.98. The predicted molar refractivity (Wildman–Crippen MR) is 133 cm³/mol. The molecule has 8 heteroatoms. The van der Waals surface area contributed by atoms with Gasteiger partial charge in [-0.1, -0.05) is 32.9 Å². The van der Waals surface area contributed by atoms with E-state index < -0.39 is 0 Å². The monoisotopic (exact) mass is 529 g/mol. The molecule has 1 aromatic carbocycles. The molecule has 2 aromatic rings. The summed E-state index contributed by atoms with van der Waals surface area (Å²) in [7, 11) is 3.57. The van der Waals surface area contributed by atoms with E-state index in [-0.39, 0.29) is 29.4 Å². The molecule has 0 unspecified atom stereocenters. The molecule has 160 valence electrons. The zero-order valence-corrected chi connectivity index (χ0v) is 21.1. The van der Waals surface area contributed by atoms with Crippen LogP contribution >= 0.6 is 35.3 Å². The van der Waals surface area contributed by atoms with E-state index in [2.05, 4.69) is 58.4 Å². The molecule has 29 heavy (non-hydrogen) atoms. The van der Waals surface area contributed by atoms with Crippen LogP contribution in [-0.4, -0.2) is 56.2 Å². The summed E-state index contributed by atoms with van der Waals surface area (Å²) in [6, 6.07) is 8.21. The smallest absolute Gasteiger partial charge is 0.194 e. The summed E-state index contributed by atoms with van der Waals surface area (Å²) in [5.41, 5.74) is 2.33. The Morgan fingerprint density at radius 1 is 1.21 bits per heavy atom. The Hall–Kier alpha value is -1.55. The van der Waals surface area contributed by atoms with Gasteiger partial charge in [0.05, 0.1) is 30.0 Å². The van der Waals surface area contributed by atoms with Crippen LogP contribution in [0.5, 0.6) is 5.75 Å². The first-order valence-corrected chi connectivity index (χ1v) is 10.6.